The number of hydrogen-bond acceptors (Lipinski definition) is 5. The number of likely N-dealkylation sites (tertiary alicyclic amines) is 1. The Balaban J connectivity index is 1.11. The van der Waals surface area contributed by atoms with E-state index in [4.69, 9.17) is 0 Å². The highest BCUT2D eigenvalue weighted by atomic mass is 32.2. The molecule has 8 heteroatoms. The second-order valence-electron chi connectivity index (χ2n) is 9.70. The standard InChI is InChI=1S/C30H32F2N4OS/c31-25-8-4-21(5-9-25)28(22-6-10-26(32)11-7-22)23-12-17-36(18-13-23)16-2-15-34-29(37)27-20-38-30(35-27)24-3-1-14-33-19-24/h1,3-11,14,19,27,30,35H,2,12-13,15-18,20H2,(H,34,37)/t27-,30?/m0/s1. The van der Waals surface area contributed by atoms with Crippen molar-refractivity contribution in [3.8, 4) is 0 Å². The third-order valence-corrected chi connectivity index (χ3v) is 8.38. The van der Waals surface area contributed by atoms with Gasteiger partial charge in [-0.05, 0) is 78.4 Å². The average Bonchev–Trinajstić information content (AvgIpc) is 3.45. The molecule has 2 saturated heterocycles. The van der Waals surface area contributed by atoms with Gasteiger partial charge in [0.1, 0.15) is 11.6 Å². The molecule has 0 spiro atoms. The summed E-state index contributed by atoms with van der Waals surface area (Å²) in [6.45, 7) is 3.40. The van der Waals surface area contributed by atoms with Crippen LogP contribution in [0, 0.1) is 11.6 Å². The first-order valence-electron chi connectivity index (χ1n) is 13.1. The highest BCUT2D eigenvalue weighted by Crippen LogP contribution is 2.33. The second-order valence-corrected chi connectivity index (χ2v) is 10.8. The van der Waals surface area contributed by atoms with Gasteiger partial charge in [-0.2, -0.15) is 0 Å². The van der Waals surface area contributed by atoms with Crippen LogP contribution >= 0.6 is 11.8 Å². The quantitative estimate of drug-likeness (QED) is 0.391. The van der Waals surface area contributed by atoms with Crippen molar-refractivity contribution < 1.29 is 13.6 Å². The highest BCUT2D eigenvalue weighted by Gasteiger charge is 2.30. The molecule has 0 radical (unpaired) electrons. The Bertz CT molecular complexity index is 1190. The molecule has 0 saturated carbocycles. The van der Waals surface area contributed by atoms with Gasteiger partial charge in [-0.1, -0.05) is 35.9 Å². The molecule has 2 fully saturated rings. The highest BCUT2D eigenvalue weighted by molar-refractivity contribution is 7.99. The summed E-state index contributed by atoms with van der Waals surface area (Å²) >= 11 is 1.73. The molecular formula is C30H32F2N4OS. The molecule has 38 heavy (non-hydrogen) atoms. The molecule has 2 aromatic carbocycles. The maximum atomic E-state index is 13.6. The monoisotopic (exact) mass is 534 g/mol. The number of carbonyl (C=O) groups excluding carboxylic acids is 1. The number of rotatable bonds is 8. The molecule has 1 amide bonds. The van der Waals surface area contributed by atoms with Crippen molar-refractivity contribution in [2.24, 2.45) is 0 Å². The van der Waals surface area contributed by atoms with E-state index in [1.807, 2.05) is 18.3 Å². The molecule has 2 aliphatic rings. The van der Waals surface area contributed by atoms with E-state index in [0.717, 1.165) is 66.9 Å². The van der Waals surface area contributed by atoms with Gasteiger partial charge in [0.15, 0.2) is 0 Å². The van der Waals surface area contributed by atoms with Crippen molar-refractivity contribution >= 4 is 23.2 Å². The van der Waals surface area contributed by atoms with Gasteiger partial charge in [-0.3, -0.25) is 15.1 Å². The van der Waals surface area contributed by atoms with Gasteiger partial charge >= 0.3 is 0 Å². The van der Waals surface area contributed by atoms with E-state index in [0.29, 0.717) is 6.54 Å². The number of piperidine rings is 1. The van der Waals surface area contributed by atoms with E-state index in [-0.39, 0.29) is 29.0 Å². The van der Waals surface area contributed by atoms with Gasteiger partial charge in [-0.25, -0.2) is 8.78 Å². The van der Waals surface area contributed by atoms with Crippen LogP contribution in [0.3, 0.4) is 0 Å². The Morgan fingerprint density at radius 2 is 1.66 bits per heavy atom. The summed E-state index contributed by atoms with van der Waals surface area (Å²) in [6, 6.07) is 16.8. The average molecular weight is 535 g/mol. The van der Waals surface area contributed by atoms with Crippen molar-refractivity contribution in [2.75, 3.05) is 31.9 Å². The number of hydrogen-bond donors (Lipinski definition) is 2. The van der Waals surface area contributed by atoms with Crippen LogP contribution in [0.5, 0.6) is 0 Å². The fourth-order valence-electron chi connectivity index (χ4n) is 5.09. The number of amides is 1. The summed E-state index contributed by atoms with van der Waals surface area (Å²) in [5, 5.41) is 6.59. The third kappa shape index (κ3) is 6.67. The number of benzene rings is 2. The smallest absolute Gasteiger partial charge is 0.238 e. The number of aromatic nitrogens is 1. The zero-order valence-electron chi connectivity index (χ0n) is 21.2. The zero-order chi connectivity index (χ0) is 26.3. The molecule has 5 nitrogen and oxygen atoms in total. The first kappa shape index (κ1) is 26.5. The van der Waals surface area contributed by atoms with Crippen LogP contribution in [-0.4, -0.2) is 53.8 Å². The first-order chi connectivity index (χ1) is 18.6. The minimum Gasteiger partial charge on any atom is -0.355 e. The molecule has 2 atom stereocenters. The van der Waals surface area contributed by atoms with Crippen molar-refractivity contribution in [2.45, 2.75) is 30.7 Å². The lowest BCUT2D eigenvalue weighted by atomic mass is 9.88. The minimum absolute atomic E-state index is 0.0518. The van der Waals surface area contributed by atoms with Gasteiger partial charge in [0, 0.05) is 37.8 Å². The van der Waals surface area contributed by atoms with E-state index in [1.165, 1.54) is 29.8 Å². The van der Waals surface area contributed by atoms with Crippen LogP contribution in [0.25, 0.3) is 5.57 Å². The number of carbonyl (C=O) groups is 1. The molecule has 2 aliphatic heterocycles. The summed E-state index contributed by atoms with van der Waals surface area (Å²) in [7, 11) is 0. The van der Waals surface area contributed by atoms with Gasteiger partial charge in [0.2, 0.25) is 5.91 Å². The zero-order valence-corrected chi connectivity index (χ0v) is 22.0. The molecule has 5 rings (SSSR count). The molecule has 198 valence electrons. The van der Waals surface area contributed by atoms with Crippen LogP contribution in [0.15, 0.2) is 78.6 Å². The van der Waals surface area contributed by atoms with E-state index in [2.05, 4.69) is 20.5 Å². The maximum Gasteiger partial charge on any atom is 0.238 e. The Labute approximate surface area is 226 Å². The van der Waals surface area contributed by atoms with Crippen LogP contribution < -0.4 is 10.6 Å². The van der Waals surface area contributed by atoms with Crippen molar-refractivity contribution in [1.82, 2.24) is 20.5 Å². The van der Waals surface area contributed by atoms with Gasteiger partial charge in [0.05, 0.1) is 11.4 Å². The van der Waals surface area contributed by atoms with E-state index in [1.54, 1.807) is 42.2 Å². The molecule has 0 bridgehead atoms. The van der Waals surface area contributed by atoms with E-state index >= 15 is 0 Å². The third-order valence-electron chi connectivity index (χ3n) is 7.12. The SMILES string of the molecule is O=C(NCCCN1CCC(=C(c2ccc(F)cc2)c2ccc(F)cc2)CC1)[C@@H]1CSC(c2cccnc2)N1. The lowest BCUT2D eigenvalue weighted by Crippen LogP contribution is -2.43. The summed E-state index contributed by atoms with van der Waals surface area (Å²) in [4.78, 5) is 19.2. The van der Waals surface area contributed by atoms with Crippen LogP contribution in [0.4, 0.5) is 8.78 Å². The van der Waals surface area contributed by atoms with Gasteiger partial charge < -0.3 is 10.2 Å². The maximum absolute atomic E-state index is 13.6. The van der Waals surface area contributed by atoms with Crippen LogP contribution in [0.2, 0.25) is 0 Å². The van der Waals surface area contributed by atoms with E-state index < -0.39 is 0 Å². The summed E-state index contributed by atoms with van der Waals surface area (Å²) in [5.74, 6) is 0.262. The molecule has 3 heterocycles. The molecule has 3 aromatic rings. The number of nitrogens with zero attached hydrogens (tertiary/aromatic N) is 2. The van der Waals surface area contributed by atoms with Crippen molar-refractivity contribution in [1.29, 1.82) is 0 Å². The van der Waals surface area contributed by atoms with Crippen LogP contribution in [-0.2, 0) is 4.79 Å². The summed E-state index contributed by atoms with van der Waals surface area (Å²) in [6.07, 6.45) is 6.28. The van der Waals surface area contributed by atoms with Crippen molar-refractivity contribution in [3.63, 3.8) is 0 Å². The molecule has 2 N–H and O–H groups in total. The summed E-state index contributed by atoms with van der Waals surface area (Å²) in [5.41, 5.74) is 5.37. The predicted molar refractivity (Wildman–Crippen MR) is 148 cm³/mol. The Morgan fingerprint density at radius 3 is 2.26 bits per heavy atom. The number of nitrogens with one attached hydrogen (secondary N) is 2. The predicted octanol–water partition coefficient (Wildman–Crippen LogP) is 5.17. The Morgan fingerprint density at radius 1 is 1.00 bits per heavy atom. The largest absolute Gasteiger partial charge is 0.355 e. The van der Waals surface area contributed by atoms with E-state index in [9.17, 15) is 13.6 Å². The van der Waals surface area contributed by atoms with Gasteiger partial charge in [-0.15, -0.1) is 11.8 Å². The minimum atomic E-state index is -0.269. The molecular weight excluding hydrogens is 502 g/mol. The molecule has 1 unspecified atom stereocenters. The van der Waals surface area contributed by atoms with Crippen molar-refractivity contribution in [3.05, 3.63) is 107 Å². The molecule has 0 aliphatic carbocycles. The first-order valence-corrected chi connectivity index (χ1v) is 14.1. The fraction of sp³-hybridized carbons (Fsp3) is 0.333. The topological polar surface area (TPSA) is 57.3 Å². The normalized spacial score (nSPS) is 19.9. The number of halogens is 2. The number of pyridine rings is 1. The fourth-order valence-corrected chi connectivity index (χ4v) is 6.31. The lowest BCUT2D eigenvalue weighted by molar-refractivity contribution is -0.122. The lowest BCUT2D eigenvalue weighted by Gasteiger charge is -2.30. The second kappa shape index (κ2) is 12.7. The number of thioether (sulfide) groups is 1. The Kier molecular flexibility index (Phi) is 8.83. The van der Waals surface area contributed by atoms with Gasteiger partial charge in [0.25, 0.3) is 0 Å². The van der Waals surface area contributed by atoms with Crippen LogP contribution in [0.1, 0.15) is 41.3 Å². The summed E-state index contributed by atoms with van der Waals surface area (Å²) < 4.78 is 27.1. The molecule has 1 aromatic heterocycles. The Hall–Kier alpha value is -3.07.